The number of amides is 2. The van der Waals surface area contributed by atoms with Crippen LogP contribution in [0.5, 0.6) is 11.5 Å². The molecule has 0 bridgehead atoms. The van der Waals surface area contributed by atoms with Crippen molar-refractivity contribution in [2.75, 3.05) is 17.1 Å². The predicted molar refractivity (Wildman–Crippen MR) is 181 cm³/mol. The lowest BCUT2D eigenvalue weighted by Crippen LogP contribution is -2.54. The first-order valence-electron chi connectivity index (χ1n) is 15.7. The first-order valence-corrected chi connectivity index (χ1v) is 17.5. The van der Waals surface area contributed by atoms with Crippen molar-refractivity contribution < 1.29 is 22.7 Å². The predicted octanol–water partition coefficient (Wildman–Crippen LogP) is 6.25. The topological polar surface area (TPSA) is 96.0 Å². The van der Waals surface area contributed by atoms with Gasteiger partial charge in [0.1, 0.15) is 24.1 Å². The van der Waals surface area contributed by atoms with Crippen LogP contribution in [0.1, 0.15) is 42.4 Å². The van der Waals surface area contributed by atoms with Gasteiger partial charge in [0.15, 0.2) is 0 Å². The van der Waals surface area contributed by atoms with Crippen LogP contribution in [0.2, 0.25) is 0 Å². The number of anilines is 1. The zero-order valence-electron chi connectivity index (χ0n) is 26.3. The monoisotopic (exact) mass is 639 g/mol. The number of hydrogen-bond acceptors (Lipinski definition) is 5. The van der Waals surface area contributed by atoms with Gasteiger partial charge in [-0.1, -0.05) is 91.2 Å². The normalized spacial score (nSPS) is 14.0. The van der Waals surface area contributed by atoms with Crippen LogP contribution in [-0.4, -0.2) is 50.0 Å². The van der Waals surface area contributed by atoms with Crippen LogP contribution >= 0.6 is 0 Å². The molecule has 9 heteroatoms. The van der Waals surface area contributed by atoms with Gasteiger partial charge in [0, 0.05) is 19.0 Å². The molecule has 5 rings (SSSR count). The fourth-order valence-electron chi connectivity index (χ4n) is 5.73. The zero-order valence-corrected chi connectivity index (χ0v) is 27.2. The number of nitrogens with zero attached hydrogens (tertiary/aromatic N) is 2. The summed E-state index contributed by atoms with van der Waals surface area (Å²) in [5, 5.41) is 3.19. The number of aryl methyl sites for hydroxylation is 1. The van der Waals surface area contributed by atoms with Gasteiger partial charge in [-0.2, -0.15) is 0 Å². The summed E-state index contributed by atoms with van der Waals surface area (Å²) in [6.07, 6.45) is 5.29. The number of rotatable bonds is 13. The van der Waals surface area contributed by atoms with Crippen LogP contribution in [0.15, 0.2) is 109 Å². The Morgan fingerprint density at radius 2 is 1.39 bits per heavy atom. The fourth-order valence-corrected chi connectivity index (χ4v) is 6.58. The Labute approximate surface area is 272 Å². The molecule has 8 nitrogen and oxygen atoms in total. The maximum atomic E-state index is 14.3. The highest BCUT2D eigenvalue weighted by Crippen LogP contribution is 2.26. The molecule has 1 fully saturated rings. The van der Waals surface area contributed by atoms with Gasteiger partial charge in [-0.15, -0.1) is 0 Å². The third kappa shape index (κ3) is 8.97. The van der Waals surface area contributed by atoms with E-state index in [9.17, 15) is 18.0 Å². The van der Waals surface area contributed by atoms with E-state index in [0.29, 0.717) is 23.6 Å². The lowest BCUT2D eigenvalue weighted by atomic mass is 10.0. The number of benzene rings is 4. The highest BCUT2D eigenvalue weighted by molar-refractivity contribution is 7.92. The van der Waals surface area contributed by atoms with E-state index in [1.165, 1.54) is 4.90 Å². The van der Waals surface area contributed by atoms with Gasteiger partial charge >= 0.3 is 0 Å². The second-order valence-electron chi connectivity index (χ2n) is 11.9. The lowest BCUT2D eigenvalue weighted by molar-refractivity contribution is -0.140. The number of nitrogens with one attached hydrogen (secondary N) is 1. The summed E-state index contributed by atoms with van der Waals surface area (Å²) in [6, 6.07) is 32.4. The number of ether oxygens (including phenoxy) is 1. The molecule has 0 saturated heterocycles. The molecule has 0 heterocycles. The van der Waals surface area contributed by atoms with Crippen molar-refractivity contribution in [3.63, 3.8) is 0 Å². The van der Waals surface area contributed by atoms with E-state index >= 15 is 0 Å². The maximum absolute atomic E-state index is 14.3. The van der Waals surface area contributed by atoms with Gasteiger partial charge < -0.3 is 15.0 Å². The van der Waals surface area contributed by atoms with Gasteiger partial charge in [-0.25, -0.2) is 8.42 Å². The van der Waals surface area contributed by atoms with Crippen LogP contribution in [-0.2, 0) is 32.6 Å². The van der Waals surface area contributed by atoms with Gasteiger partial charge in [0.05, 0.1) is 11.9 Å². The largest absolute Gasteiger partial charge is 0.457 e. The van der Waals surface area contributed by atoms with E-state index in [0.717, 1.165) is 52.9 Å². The molecule has 1 aliphatic carbocycles. The van der Waals surface area contributed by atoms with Gasteiger partial charge in [0.2, 0.25) is 21.8 Å². The SMILES string of the molecule is Cc1ccc(CN(C(=O)CN(c2ccc(Oc3ccccc3)cc2)S(C)(=O)=O)[C@H](Cc2ccccc2)C(=O)NC2CCCC2)cc1. The first kappa shape index (κ1) is 32.8. The van der Waals surface area contributed by atoms with Crippen molar-refractivity contribution in [2.45, 2.75) is 57.7 Å². The number of sulfonamides is 1. The Kier molecular flexibility index (Phi) is 10.8. The smallest absolute Gasteiger partial charge is 0.244 e. The number of carbonyl (C=O) groups excluding carboxylic acids is 2. The van der Waals surface area contributed by atoms with Crippen molar-refractivity contribution >= 4 is 27.5 Å². The van der Waals surface area contributed by atoms with E-state index in [1.54, 1.807) is 24.3 Å². The van der Waals surface area contributed by atoms with Crippen LogP contribution < -0.4 is 14.4 Å². The molecular formula is C37H41N3O5S. The maximum Gasteiger partial charge on any atom is 0.244 e. The van der Waals surface area contributed by atoms with Crippen molar-refractivity contribution in [2.24, 2.45) is 0 Å². The minimum absolute atomic E-state index is 0.0613. The van der Waals surface area contributed by atoms with E-state index in [2.05, 4.69) is 5.32 Å². The molecule has 46 heavy (non-hydrogen) atoms. The van der Waals surface area contributed by atoms with Crippen LogP contribution in [0.25, 0.3) is 0 Å². The van der Waals surface area contributed by atoms with Gasteiger partial charge in [-0.3, -0.25) is 13.9 Å². The number of carbonyl (C=O) groups is 2. The molecule has 0 unspecified atom stereocenters. The second-order valence-corrected chi connectivity index (χ2v) is 13.8. The summed E-state index contributed by atoms with van der Waals surface area (Å²) < 4.78 is 33.2. The van der Waals surface area contributed by atoms with Crippen molar-refractivity contribution in [1.82, 2.24) is 10.2 Å². The average Bonchev–Trinajstić information content (AvgIpc) is 3.56. The standard InChI is InChI=1S/C37H41N3O5S/c1-28-17-19-30(20-18-28)26-39(35(25-29-11-5-3-6-12-29)37(42)38-31-13-9-10-14-31)36(41)27-40(46(2,43)44)32-21-23-34(24-22-32)45-33-15-7-4-8-16-33/h3-8,11-12,15-24,31,35H,9-10,13-14,25-27H2,1-2H3,(H,38,42)/t35-/m1/s1. The van der Waals surface area contributed by atoms with Crippen molar-refractivity contribution in [3.8, 4) is 11.5 Å². The Balaban J connectivity index is 1.45. The molecule has 4 aromatic carbocycles. The summed E-state index contributed by atoms with van der Waals surface area (Å²) >= 11 is 0. The minimum Gasteiger partial charge on any atom is -0.457 e. The molecule has 1 N–H and O–H groups in total. The fraction of sp³-hybridized carbons (Fsp3) is 0.297. The summed E-state index contributed by atoms with van der Waals surface area (Å²) in [4.78, 5) is 29.9. The molecule has 1 saturated carbocycles. The Morgan fingerprint density at radius 1 is 0.804 bits per heavy atom. The van der Waals surface area contributed by atoms with E-state index in [4.69, 9.17) is 4.74 Å². The lowest BCUT2D eigenvalue weighted by Gasteiger charge is -2.34. The van der Waals surface area contributed by atoms with Crippen LogP contribution in [0.3, 0.4) is 0 Å². The average molecular weight is 640 g/mol. The highest BCUT2D eigenvalue weighted by Gasteiger charge is 2.34. The van der Waals surface area contributed by atoms with E-state index in [1.807, 2.05) is 91.9 Å². The molecule has 1 aliphatic rings. The molecule has 240 valence electrons. The third-order valence-electron chi connectivity index (χ3n) is 8.23. The molecule has 4 aromatic rings. The van der Waals surface area contributed by atoms with Gasteiger partial charge in [-0.05, 0) is 67.3 Å². The van der Waals surface area contributed by atoms with Crippen LogP contribution in [0.4, 0.5) is 5.69 Å². The quantitative estimate of drug-likeness (QED) is 0.187. The molecule has 2 amide bonds. The Bertz CT molecular complexity index is 1690. The van der Waals surface area contributed by atoms with Crippen molar-refractivity contribution in [3.05, 3.63) is 126 Å². The van der Waals surface area contributed by atoms with Crippen LogP contribution in [0, 0.1) is 6.92 Å². The summed E-state index contributed by atoms with van der Waals surface area (Å²) in [5.41, 5.74) is 3.15. The summed E-state index contributed by atoms with van der Waals surface area (Å²) in [5.74, 6) is 0.474. The molecule has 0 spiro atoms. The van der Waals surface area contributed by atoms with Gasteiger partial charge in [0.25, 0.3) is 0 Å². The molecule has 0 aliphatic heterocycles. The molecular weight excluding hydrogens is 598 g/mol. The molecule has 1 atom stereocenters. The third-order valence-corrected chi connectivity index (χ3v) is 9.37. The zero-order chi connectivity index (χ0) is 32.5. The minimum atomic E-state index is -3.88. The second kappa shape index (κ2) is 15.1. The molecule has 0 radical (unpaired) electrons. The number of para-hydroxylation sites is 1. The van der Waals surface area contributed by atoms with E-state index in [-0.39, 0.29) is 18.5 Å². The Hall–Kier alpha value is -4.63. The summed E-state index contributed by atoms with van der Waals surface area (Å²) in [7, 11) is -3.88. The highest BCUT2D eigenvalue weighted by atomic mass is 32.2. The first-order chi connectivity index (χ1) is 22.2. The van der Waals surface area contributed by atoms with E-state index < -0.39 is 28.5 Å². The Morgan fingerprint density at radius 3 is 2.00 bits per heavy atom. The number of hydrogen-bond donors (Lipinski definition) is 1. The molecule has 0 aromatic heterocycles. The summed E-state index contributed by atoms with van der Waals surface area (Å²) in [6.45, 7) is 1.67. The van der Waals surface area contributed by atoms with Crippen molar-refractivity contribution in [1.29, 1.82) is 0 Å².